The van der Waals surface area contributed by atoms with Gasteiger partial charge in [0.1, 0.15) is 0 Å². The third kappa shape index (κ3) is 14.9. The maximum absolute atomic E-state index is 2.55. The van der Waals surface area contributed by atoms with Crippen LogP contribution in [0.2, 0.25) is 0 Å². The fourth-order valence-electron chi connectivity index (χ4n) is 12.5. The zero-order valence-corrected chi connectivity index (χ0v) is 51.0. The summed E-state index contributed by atoms with van der Waals surface area (Å²) in [4.78, 5) is 0. The maximum Gasteiger partial charge on any atom is 2.00 e. The van der Waals surface area contributed by atoms with E-state index >= 15 is 0 Å². The van der Waals surface area contributed by atoms with Crippen LogP contribution in [-0.2, 0) is 52.4 Å². The molecule has 0 heterocycles. The quantitative estimate of drug-likeness (QED) is 0.115. The second kappa shape index (κ2) is 29.6. The summed E-state index contributed by atoms with van der Waals surface area (Å²) in [6.45, 7) is 8.62. The number of rotatable bonds is 6. The molecule has 4 aliphatic carbocycles. The van der Waals surface area contributed by atoms with E-state index in [1.807, 2.05) is 0 Å². The average molecular weight is 1160 g/mol. The second-order valence-corrected chi connectivity index (χ2v) is 26.4. The van der Waals surface area contributed by atoms with E-state index in [1.165, 1.54) is 194 Å². The van der Waals surface area contributed by atoms with E-state index in [1.54, 1.807) is 10.6 Å². The molecule has 4 aliphatic rings. The van der Waals surface area contributed by atoms with E-state index in [0.29, 0.717) is 0 Å². The Morgan fingerprint density at radius 2 is 0.671 bits per heavy atom. The Labute approximate surface area is 476 Å². The molecule has 0 aliphatic heterocycles. The number of hydrogen-bond donors (Lipinski definition) is 0. The summed E-state index contributed by atoms with van der Waals surface area (Å²) in [5.41, 5.74) is 9.55. The summed E-state index contributed by atoms with van der Waals surface area (Å²) in [6, 6.07) is 49.8. The van der Waals surface area contributed by atoms with Crippen molar-refractivity contribution in [2.75, 3.05) is 0 Å². The summed E-state index contributed by atoms with van der Waals surface area (Å²) in [5.74, 6) is 0. The van der Waals surface area contributed by atoms with Crippen LogP contribution in [0.25, 0.3) is 43.1 Å². The molecule has 368 valence electrons. The van der Waals surface area contributed by atoms with Gasteiger partial charge in [-0.1, -0.05) is 142 Å². The van der Waals surface area contributed by atoms with Crippen molar-refractivity contribution >= 4 is 69.5 Å². The molecule has 6 heteroatoms. The first-order valence-corrected chi connectivity index (χ1v) is 29.5. The smallest absolute Gasteiger partial charge is 1.00 e. The average Bonchev–Trinajstić information content (AvgIpc) is 4.21. The van der Waals surface area contributed by atoms with Gasteiger partial charge in [-0.3, -0.25) is 0 Å². The SMILES string of the molecule is Cc1ccc(C)c2[cH-]ccc12.Cc1ccc(C)c2[cH-]ccc12.[Cl-].[Cl-].[Zr+2].[Zr+2].c1ccc2[cH-]c(P(C3CCCCC3)C3CCCCC3)cc2c1.c1ccc2[cH-]c(P(C3CCCCC3)C3CCCCC3)cc2c1. The standard InChI is InChI=1S/2C21H28P.2C11H11.2ClH.2Zr/c2*1-3-11-19(12-4-1)22(20-13-5-2-6-14-20)21-15-17-9-7-8-10-18(17)16-21;2*1-8-6-7-9(2)11-5-3-4-10(8)11;;;;/h2*7-10,15-16,19-20H,1-6,11-14H2;2*3-7H,1-2H3;2*1H;;/q4*-1;;;2*+2/p-2. The van der Waals surface area contributed by atoms with Gasteiger partial charge in [0.2, 0.25) is 0 Å². The van der Waals surface area contributed by atoms with Crippen molar-refractivity contribution in [2.45, 2.75) is 179 Å². The number of benzene rings is 4. The van der Waals surface area contributed by atoms with Gasteiger partial charge in [-0.05, 0) is 87.9 Å². The Balaban J connectivity index is 0.000000179. The third-order valence-corrected chi connectivity index (χ3v) is 23.1. The molecule has 0 saturated heterocycles. The fourth-order valence-corrected chi connectivity index (χ4v) is 20.2. The molecule has 0 bridgehead atoms. The maximum atomic E-state index is 2.55. The van der Waals surface area contributed by atoms with Gasteiger partial charge in [0.05, 0.1) is 0 Å². The number of aryl methyl sites for hydroxylation is 4. The summed E-state index contributed by atoms with van der Waals surface area (Å²) < 4.78 is 0. The first kappa shape index (κ1) is 59.4. The first-order chi connectivity index (χ1) is 32.4. The minimum absolute atomic E-state index is 0. The van der Waals surface area contributed by atoms with Crippen LogP contribution in [0.3, 0.4) is 0 Å². The van der Waals surface area contributed by atoms with Gasteiger partial charge in [-0.25, -0.2) is 0 Å². The molecule has 0 N–H and O–H groups in total. The van der Waals surface area contributed by atoms with Gasteiger partial charge < -0.3 is 24.8 Å². The van der Waals surface area contributed by atoms with Gasteiger partial charge in [0.15, 0.2) is 0 Å². The van der Waals surface area contributed by atoms with Crippen LogP contribution < -0.4 is 35.4 Å². The van der Waals surface area contributed by atoms with Crippen molar-refractivity contribution < 1.29 is 77.2 Å². The van der Waals surface area contributed by atoms with Crippen LogP contribution in [-0.4, -0.2) is 22.6 Å². The van der Waals surface area contributed by atoms with Crippen molar-refractivity contribution in [2.24, 2.45) is 0 Å². The summed E-state index contributed by atoms with van der Waals surface area (Å²) in [5, 5.41) is 14.9. The van der Waals surface area contributed by atoms with Gasteiger partial charge in [-0.2, -0.15) is 36.4 Å². The molecule has 12 rings (SSSR count). The number of hydrogen-bond acceptors (Lipinski definition) is 0. The predicted molar refractivity (Wildman–Crippen MR) is 298 cm³/mol. The Morgan fingerprint density at radius 3 is 0.971 bits per heavy atom. The largest absolute Gasteiger partial charge is 2.00 e. The fraction of sp³-hybridized carbons (Fsp3) is 0.438. The Morgan fingerprint density at radius 1 is 0.371 bits per heavy atom. The molecule has 4 saturated carbocycles. The van der Waals surface area contributed by atoms with Crippen molar-refractivity contribution in [3.05, 3.63) is 156 Å². The second-order valence-electron chi connectivity index (χ2n) is 20.8. The van der Waals surface area contributed by atoms with Crippen LogP contribution in [0.5, 0.6) is 0 Å². The monoisotopic (exact) mass is 1160 g/mol. The van der Waals surface area contributed by atoms with Gasteiger partial charge >= 0.3 is 52.4 Å². The van der Waals surface area contributed by atoms with Crippen LogP contribution >= 0.6 is 15.8 Å². The molecular weight excluding hydrogens is 1080 g/mol. The minimum atomic E-state index is 0. The first-order valence-electron chi connectivity index (χ1n) is 26.5. The van der Waals surface area contributed by atoms with Crippen LogP contribution in [0.4, 0.5) is 0 Å². The summed E-state index contributed by atoms with van der Waals surface area (Å²) in [7, 11) is 0.122. The van der Waals surface area contributed by atoms with Gasteiger partial charge in [0.25, 0.3) is 0 Å². The summed E-state index contributed by atoms with van der Waals surface area (Å²) >= 11 is 0. The Bertz CT molecular complexity index is 2370. The van der Waals surface area contributed by atoms with E-state index in [0.717, 1.165) is 22.6 Å². The number of fused-ring (bicyclic) bond motifs is 4. The number of halogens is 2. The summed E-state index contributed by atoms with van der Waals surface area (Å²) in [6.07, 6.45) is 29.8. The van der Waals surface area contributed by atoms with E-state index in [-0.39, 0.29) is 93.1 Å². The van der Waals surface area contributed by atoms with Crippen molar-refractivity contribution in [1.82, 2.24) is 0 Å². The van der Waals surface area contributed by atoms with Gasteiger partial charge in [-0.15, -0.1) is 138 Å². The topological polar surface area (TPSA) is 0 Å². The van der Waals surface area contributed by atoms with Crippen LogP contribution in [0, 0.1) is 27.7 Å². The third-order valence-electron chi connectivity index (χ3n) is 16.2. The van der Waals surface area contributed by atoms with Crippen LogP contribution in [0.1, 0.15) is 151 Å². The Kier molecular flexibility index (Phi) is 25.1. The molecular formula is C64H78Cl2P2Zr2-2. The molecule has 0 amide bonds. The van der Waals surface area contributed by atoms with E-state index < -0.39 is 0 Å². The molecule has 8 aromatic carbocycles. The Hall–Kier alpha value is -1.47. The molecule has 8 aromatic rings. The zero-order valence-electron chi connectivity index (χ0n) is 42.8. The molecule has 0 nitrogen and oxygen atoms in total. The van der Waals surface area contributed by atoms with Crippen LogP contribution in [0.15, 0.2) is 133 Å². The molecule has 0 unspecified atom stereocenters. The molecule has 0 radical (unpaired) electrons. The van der Waals surface area contributed by atoms with Crippen molar-refractivity contribution in [1.29, 1.82) is 0 Å². The zero-order chi connectivity index (χ0) is 45.2. The van der Waals surface area contributed by atoms with Crippen molar-refractivity contribution in [3.63, 3.8) is 0 Å². The molecule has 0 spiro atoms. The van der Waals surface area contributed by atoms with E-state index in [4.69, 9.17) is 0 Å². The predicted octanol–water partition coefficient (Wildman–Crippen LogP) is 13.0. The molecule has 70 heavy (non-hydrogen) atoms. The molecule has 0 atom stereocenters. The minimum Gasteiger partial charge on any atom is -1.00 e. The normalized spacial score (nSPS) is 17.0. The molecule has 0 aromatic heterocycles. The van der Waals surface area contributed by atoms with Gasteiger partial charge in [0, 0.05) is 0 Å². The van der Waals surface area contributed by atoms with Crippen molar-refractivity contribution in [3.8, 4) is 0 Å². The molecule has 4 fully saturated rings. The van der Waals surface area contributed by atoms with E-state index in [9.17, 15) is 0 Å². The van der Waals surface area contributed by atoms with E-state index in [2.05, 4.69) is 161 Å².